The molecule has 1 heterocycles. The lowest BCUT2D eigenvalue weighted by Crippen LogP contribution is -2.17. The molecule has 0 aliphatic rings. The summed E-state index contributed by atoms with van der Waals surface area (Å²) in [7, 11) is 1.69. The fraction of sp³-hybridized carbons (Fsp3) is 0.286. The van der Waals surface area contributed by atoms with E-state index in [9.17, 15) is 0 Å². The van der Waals surface area contributed by atoms with Crippen molar-refractivity contribution < 1.29 is 4.74 Å². The summed E-state index contributed by atoms with van der Waals surface area (Å²) in [6.07, 6.45) is 0. The number of hydrogen-bond acceptors (Lipinski definition) is 3. The number of methoxy groups -OCH3 is 1. The van der Waals surface area contributed by atoms with Gasteiger partial charge in [0.2, 0.25) is 0 Å². The molecule has 18 heavy (non-hydrogen) atoms. The van der Waals surface area contributed by atoms with E-state index in [1.165, 1.54) is 14.9 Å². The van der Waals surface area contributed by atoms with Gasteiger partial charge in [-0.15, -0.1) is 11.3 Å². The van der Waals surface area contributed by atoms with E-state index in [0.717, 1.165) is 12.3 Å². The van der Waals surface area contributed by atoms with E-state index in [1.807, 2.05) is 12.1 Å². The first-order chi connectivity index (χ1) is 8.70. The van der Waals surface area contributed by atoms with E-state index >= 15 is 0 Å². The number of benzene rings is 1. The van der Waals surface area contributed by atoms with Gasteiger partial charge < -0.3 is 10.1 Å². The Bertz CT molecular complexity index is 495. The summed E-state index contributed by atoms with van der Waals surface area (Å²) in [6, 6.07) is 10.6. The highest BCUT2D eigenvalue weighted by Crippen LogP contribution is 2.24. The van der Waals surface area contributed by atoms with E-state index in [2.05, 4.69) is 51.7 Å². The Kier molecular flexibility index (Phi) is 4.80. The molecule has 0 aliphatic carbocycles. The Balaban J connectivity index is 1.94. The Morgan fingerprint density at radius 1 is 1.28 bits per heavy atom. The Morgan fingerprint density at radius 2 is 2.00 bits per heavy atom. The number of ether oxygens (including phenoxy) is 1. The summed E-state index contributed by atoms with van der Waals surface area (Å²) in [5.74, 6) is 0.895. The molecule has 1 atom stereocenters. The zero-order valence-corrected chi connectivity index (χ0v) is 12.8. The second-order valence-corrected chi connectivity index (χ2v) is 5.92. The fourth-order valence-corrected chi connectivity index (χ4v) is 3.15. The molecule has 2 nitrogen and oxygen atoms in total. The molecule has 0 saturated heterocycles. The van der Waals surface area contributed by atoms with Crippen LogP contribution in [0, 0.1) is 0 Å². The smallest absolute Gasteiger partial charge is 0.118 e. The van der Waals surface area contributed by atoms with Gasteiger partial charge in [0.1, 0.15) is 5.75 Å². The van der Waals surface area contributed by atoms with E-state index in [-0.39, 0.29) is 0 Å². The molecule has 2 rings (SSSR count). The first-order valence-corrected chi connectivity index (χ1v) is 7.47. The second kappa shape index (κ2) is 6.36. The molecule has 0 bridgehead atoms. The lowest BCUT2D eigenvalue weighted by atomic mass is 10.1. The minimum atomic E-state index is 0.324. The molecule has 0 radical (unpaired) electrons. The second-order valence-electron chi connectivity index (χ2n) is 4.07. The van der Waals surface area contributed by atoms with Crippen LogP contribution >= 0.6 is 27.3 Å². The van der Waals surface area contributed by atoms with Crippen molar-refractivity contribution in [2.75, 3.05) is 7.11 Å². The molecule has 0 saturated carbocycles. The van der Waals surface area contributed by atoms with Gasteiger partial charge in [-0.1, -0.05) is 12.1 Å². The SMILES string of the molecule is COc1ccc([C@@H](C)NCc2sccc2Br)cc1. The van der Waals surface area contributed by atoms with Gasteiger partial charge in [0.25, 0.3) is 0 Å². The zero-order valence-electron chi connectivity index (χ0n) is 10.4. The summed E-state index contributed by atoms with van der Waals surface area (Å²) >= 11 is 5.31. The van der Waals surface area contributed by atoms with Gasteiger partial charge in [-0.05, 0) is 52.0 Å². The van der Waals surface area contributed by atoms with Crippen LogP contribution in [0.25, 0.3) is 0 Å². The fourth-order valence-electron chi connectivity index (χ4n) is 1.71. The first kappa shape index (κ1) is 13.6. The molecule has 1 aromatic heterocycles. The maximum absolute atomic E-state index is 5.16. The molecule has 1 aromatic carbocycles. The first-order valence-electron chi connectivity index (χ1n) is 5.80. The number of hydrogen-bond donors (Lipinski definition) is 1. The molecule has 0 amide bonds. The van der Waals surface area contributed by atoms with Crippen LogP contribution in [0.2, 0.25) is 0 Å². The molecular formula is C14H16BrNOS. The van der Waals surface area contributed by atoms with Crippen LogP contribution in [0.3, 0.4) is 0 Å². The number of thiophene rings is 1. The van der Waals surface area contributed by atoms with Gasteiger partial charge in [0.15, 0.2) is 0 Å². The Hall–Kier alpha value is -0.840. The topological polar surface area (TPSA) is 21.3 Å². The van der Waals surface area contributed by atoms with Crippen LogP contribution in [0.15, 0.2) is 40.2 Å². The van der Waals surface area contributed by atoms with Crippen molar-refractivity contribution in [1.29, 1.82) is 0 Å². The summed E-state index contributed by atoms with van der Waals surface area (Å²) in [5, 5.41) is 5.62. The molecule has 2 aromatic rings. The standard InChI is InChI=1S/C14H16BrNOS/c1-10(11-3-5-12(17-2)6-4-11)16-9-14-13(15)7-8-18-14/h3-8,10,16H,9H2,1-2H3/t10-/m1/s1. The number of rotatable bonds is 5. The molecule has 0 unspecified atom stereocenters. The predicted molar refractivity (Wildman–Crippen MR) is 80.3 cm³/mol. The third-order valence-electron chi connectivity index (χ3n) is 2.88. The summed E-state index contributed by atoms with van der Waals surface area (Å²) < 4.78 is 6.34. The largest absolute Gasteiger partial charge is 0.497 e. The van der Waals surface area contributed by atoms with Gasteiger partial charge in [-0.25, -0.2) is 0 Å². The minimum Gasteiger partial charge on any atom is -0.497 e. The lowest BCUT2D eigenvalue weighted by molar-refractivity contribution is 0.414. The summed E-state index contributed by atoms with van der Waals surface area (Å²) in [6.45, 7) is 3.05. The number of halogens is 1. The lowest BCUT2D eigenvalue weighted by Gasteiger charge is -2.14. The quantitative estimate of drug-likeness (QED) is 0.881. The van der Waals surface area contributed by atoms with Crippen molar-refractivity contribution in [3.63, 3.8) is 0 Å². The molecule has 0 fully saturated rings. The van der Waals surface area contributed by atoms with Crippen LogP contribution in [0.1, 0.15) is 23.4 Å². The normalized spacial score (nSPS) is 12.4. The van der Waals surface area contributed by atoms with E-state index in [1.54, 1.807) is 18.4 Å². The van der Waals surface area contributed by atoms with Crippen molar-refractivity contribution >= 4 is 27.3 Å². The third-order valence-corrected chi connectivity index (χ3v) is 4.80. The van der Waals surface area contributed by atoms with Gasteiger partial charge >= 0.3 is 0 Å². The van der Waals surface area contributed by atoms with Gasteiger partial charge in [-0.3, -0.25) is 0 Å². The average molecular weight is 326 g/mol. The summed E-state index contributed by atoms with van der Waals surface area (Å²) in [5.41, 5.74) is 1.27. The molecule has 1 N–H and O–H groups in total. The van der Waals surface area contributed by atoms with Gasteiger partial charge in [0, 0.05) is 21.9 Å². The van der Waals surface area contributed by atoms with Crippen LogP contribution < -0.4 is 10.1 Å². The molecule has 0 aliphatic heterocycles. The van der Waals surface area contributed by atoms with Crippen LogP contribution in [0.4, 0.5) is 0 Å². The van der Waals surface area contributed by atoms with Crippen LogP contribution in [-0.2, 0) is 6.54 Å². The maximum Gasteiger partial charge on any atom is 0.118 e. The number of nitrogens with one attached hydrogen (secondary N) is 1. The van der Waals surface area contributed by atoms with Crippen molar-refractivity contribution in [2.24, 2.45) is 0 Å². The third kappa shape index (κ3) is 3.34. The molecule has 4 heteroatoms. The van der Waals surface area contributed by atoms with Gasteiger partial charge in [-0.2, -0.15) is 0 Å². The highest BCUT2D eigenvalue weighted by molar-refractivity contribution is 9.10. The average Bonchev–Trinajstić information content (AvgIpc) is 2.81. The highest BCUT2D eigenvalue weighted by atomic mass is 79.9. The van der Waals surface area contributed by atoms with Crippen molar-refractivity contribution in [2.45, 2.75) is 19.5 Å². The Labute approximate surface area is 120 Å². The van der Waals surface area contributed by atoms with Crippen molar-refractivity contribution in [1.82, 2.24) is 5.32 Å². The van der Waals surface area contributed by atoms with Crippen LogP contribution in [0.5, 0.6) is 5.75 Å². The van der Waals surface area contributed by atoms with Gasteiger partial charge in [0.05, 0.1) is 7.11 Å². The van der Waals surface area contributed by atoms with E-state index < -0.39 is 0 Å². The predicted octanol–water partition coefficient (Wildman–Crippen LogP) is 4.37. The van der Waals surface area contributed by atoms with Crippen molar-refractivity contribution in [3.05, 3.63) is 50.6 Å². The molecule has 96 valence electrons. The van der Waals surface area contributed by atoms with Crippen LogP contribution in [-0.4, -0.2) is 7.11 Å². The minimum absolute atomic E-state index is 0.324. The van der Waals surface area contributed by atoms with E-state index in [4.69, 9.17) is 4.74 Å². The Morgan fingerprint density at radius 3 is 2.56 bits per heavy atom. The van der Waals surface area contributed by atoms with E-state index in [0.29, 0.717) is 6.04 Å². The monoisotopic (exact) mass is 325 g/mol. The highest BCUT2D eigenvalue weighted by Gasteiger charge is 2.07. The summed E-state index contributed by atoms with van der Waals surface area (Å²) in [4.78, 5) is 1.33. The molecular weight excluding hydrogens is 310 g/mol. The zero-order chi connectivity index (χ0) is 13.0. The maximum atomic E-state index is 5.16. The van der Waals surface area contributed by atoms with Crippen molar-refractivity contribution in [3.8, 4) is 5.75 Å². The molecule has 0 spiro atoms.